The van der Waals surface area contributed by atoms with Gasteiger partial charge in [0.05, 0.1) is 0 Å². The van der Waals surface area contributed by atoms with E-state index in [2.05, 4.69) is 45.2 Å². The van der Waals surface area contributed by atoms with E-state index in [-0.39, 0.29) is 0 Å². The molecule has 0 radical (unpaired) electrons. The molecule has 1 aliphatic rings. The Morgan fingerprint density at radius 3 is 0.967 bits per heavy atom. The lowest BCUT2D eigenvalue weighted by Gasteiger charge is -2.45. The van der Waals surface area contributed by atoms with Crippen LogP contribution in [0.3, 0.4) is 0 Å². The molecule has 4 aromatic rings. The maximum atomic E-state index is 12.2. The summed E-state index contributed by atoms with van der Waals surface area (Å²) >= 11 is 4.53. The molecule has 0 saturated carbocycles. The number of hydrogen-bond donors (Lipinski definition) is 2. The normalized spacial score (nSPS) is 22.3. The van der Waals surface area contributed by atoms with Crippen molar-refractivity contribution in [2.24, 2.45) is 0 Å². The van der Waals surface area contributed by atoms with E-state index >= 15 is 0 Å². The van der Waals surface area contributed by atoms with Crippen molar-refractivity contribution in [3.05, 3.63) is 138 Å². The Kier molecular flexibility index (Phi) is 5.01. The van der Waals surface area contributed by atoms with Crippen molar-refractivity contribution < 1.29 is 10.2 Å². The first kappa shape index (κ1) is 20.2. The molecule has 0 spiro atoms. The summed E-state index contributed by atoms with van der Waals surface area (Å²) in [7, 11) is 0. The molecule has 0 heterocycles. The lowest BCUT2D eigenvalue weighted by atomic mass is 9.63. The summed E-state index contributed by atoms with van der Waals surface area (Å²) < 4.78 is 2.21. The Bertz CT molecular complexity index is 1090. The molecular weight excluding hydrogens is 598 g/mol. The van der Waals surface area contributed by atoms with Crippen LogP contribution in [0.25, 0.3) is 0 Å². The van der Waals surface area contributed by atoms with Crippen LogP contribution < -0.4 is 0 Å². The van der Waals surface area contributed by atoms with Gasteiger partial charge in [-0.25, -0.2) is 0 Å². The Balaban J connectivity index is 1.87. The molecule has 0 unspecified atom stereocenters. The van der Waals surface area contributed by atoms with Crippen LogP contribution in [0, 0.1) is 7.14 Å². The van der Waals surface area contributed by atoms with Crippen molar-refractivity contribution in [2.75, 3.05) is 0 Å². The summed E-state index contributed by atoms with van der Waals surface area (Å²) in [5.74, 6) is 0. The predicted molar refractivity (Wildman–Crippen MR) is 135 cm³/mol. The lowest BCUT2D eigenvalue weighted by molar-refractivity contribution is 0.0748. The Hall–Kier alpha value is -1.74. The summed E-state index contributed by atoms with van der Waals surface area (Å²) in [5, 5.41) is 24.5. The minimum atomic E-state index is -1.35. The molecule has 148 valence electrons. The van der Waals surface area contributed by atoms with Gasteiger partial charge in [-0.15, -0.1) is 0 Å². The van der Waals surface area contributed by atoms with Crippen LogP contribution in [-0.2, 0) is 11.2 Å². The summed E-state index contributed by atoms with van der Waals surface area (Å²) in [4.78, 5) is 0. The van der Waals surface area contributed by atoms with E-state index in [0.29, 0.717) is 22.3 Å². The Morgan fingerprint density at radius 2 is 0.700 bits per heavy atom. The van der Waals surface area contributed by atoms with Crippen LogP contribution >= 0.6 is 45.2 Å². The quantitative estimate of drug-likeness (QED) is 0.281. The Morgan fingerprint density at radius 1 is 0.433 bits per heavy atom. The molecule has 2 nitrogen and oxygen atoms in total. The number of rotatable bonds is 2. The molecule has 0 aromatic heterocycles. The predicted octanol–water partition coefficient (Wildman–Crippen LogP) is 5.78. The molecule has 0 bridgehead atoms. The van der Waals surface area contributed by atoms with Crippen molar-refractivity contribution in [3.63, 3.8) is 0 Å². The molecule has 5 rings (SSSR count). The zero-order valence-corrected chi connectivity index (χ0v) is 20.2. The van der Waals surface area contributed by atoms with Gasteiger partial charge in [0.15, 0.2) is 0 Å². The van der Waals surface area contributed by atoms with Gasteiger partial charge in [-0.2, -0.15) is 0 Å². The van der Waals surface area contributed by atoms with Crippen molar-refractivity contribution in [1.29, 1.82) is 0 Å². The van der Waals surface area contributed by atoms with Gasteiger partial charge in [0.25, 0.3) is 0 Å². The van der Waals surface area contributed by atoms with E-state index in [0.717, 1.165) is 18.3 Å². The molecule has 0 atom stereocenters. The number of fused-ring (bicyclic) bond motifs is 2. The summed E-state index contributed by atoms with van der Waals surface area (Å²) in [5.41, 5.74) is 1.66. The van der Waals surface area contributed by atoms with Gasteiger partial charge in [-0.05, 0) is 103 Å². The highest BCUT2D eigenvalue weighted by atomic mass is 127. The first-order chi connectivity index (χ1) is 14.5. The second-order valence-corrected chi connectivity index (χ2v) is 10.0. The van der Waals surface area contributed by atoms with Gasteiger partial charge in [0.2, 0.25) is 0 Å². The largest absolute Gasteiger partial charge is 0.376 e. The van der Waals surface area contributed by atoms with Crippen molar-refractivity contribution in [3.8, 4) is 0 Å². The van der Waals surface area contributed by atoms with E-state index < -0.39 is 11.2 Å². The molecule has 4 aromatic carbocycles. The van der Waals surface area contributed by atoms with Gasteiger partial charge < -0.3 is 10.2 Å². The minimum absolute atomic E-state index is 0.700. The van der Waals surface area contributed by atoms with Crippen LogP contribution in [0.4, 0.5) is 0 Å². The fourth-order valence-electron chi connectivity index (χ4n) is 4.52. The van der Waals surface area contributed by atoms with Gasteiger partial charge in [-0.1, -0.05) is 72.8 Å². The summed E-state index contributed by atoms with van der Waals surface area (Å²) in [6.07, 6.45) is 0. The molecule has 4 heteroatoms. The molecule has 0 aliphatic heterocycles. The maximum absolute atomic E-state index is 12.2. The molecule has 0 saturated heterocycles. The van der Waals surface area contributed by atoms with Crippen molar-refractivity contribution in [1.82, 2.24) is 0 Å². The zero-order valence-electron chi connectivity index (χ0n) is 15.9. The molecule has 2 N–H and O–H groups in total. The SMILES string of the molecule is OC1(c2ccc(I)cc2)c2ccccc2C(O)(c2ccc(I)cc2)c2ccccc21. The highest BCUT2D eigenvalue weighted by molar-refractivity contribution is 14.1. The number of benzene rings is 4. The highest BCUT2D eigenvalue weighted by Crippen LogP contribution is 2.52. The van der Waals surface area contributed by atoms with Crippen molar-refractivity contribution in [2.45, 2.75) is 11.2 Å². The molecule has 1 aliphatic carbocycles. The van der Waals surface area contributed by atoms with Crippen LogP contribution in [0.15, 0.2) is 97.1 Å². The monoisotopic (exact) mass is 616 g/mol. The van der Waals surface area contributed by atoms with Gasteiger partial charge in [-0.3, -0.25) is 0 Å². The maximum Gasteiger partial charge on any atom is 0.141 e. The highest BCUT2D eigenvalue weighted by Gasteiger charge is 2.50. The summed E-state index contributed by atoms with van der Waals surface area (Å²) in [6, 6.07) is 31.2. The smallest absolute Gasteiger partial charge is 0.141 e. The van der Waals surface area contributed by atoms with Crippen LogP contribution in [0.2, 0.25) is 0 Å². The topological polar surface area (TPSA) is 40.5 Å². The second kappa shape index (κ2) is 7.44. The fraction of sp³-hybridized carbons (Fsp3) is 0.0769. The zero-order chi connectivity index (χ0) is 20.9. The van der Waals surface area contributed by atoms with Crippen molar-refractivity contribution >= 4 is 45.2 Å². The Labute approximate surface area is 202 Å². The van der Waals surface area contributed by atoms with Gasteiger partial charge >= 0.3 is 0 Å². The average Bonchev–Trinajstić information content (AvgIpc) is 2.78. The molecule has 0 fully saturated rings. The van der Waals surface area contributed by atoms with Crippen LogP contribution in [-0.4, -0.2) is 10.2 Å². The van der Waals surface area contributed by atoms with Crippen LogP contribution in [0.1, 0.15) is 33.4 Å². The van der Waals surface area contributed by atoms with Crippen LogP contribution in [0.5, 0.6) is 0 Å². The second-order valence-electron chi connectivity index (χ2n) is 7.53. The lowest BCUT2D eigenvalue weighted by Crippen LogP contribution is -2.44. The molecular formula is C26H18I2O2. The molecule has 30 heavy (non-hydrogen) atoms. The van der Waals surface area contributed by atoms with E-state index in [9.17, 15) is 10.2 Å². The first-order valence-electron chi connectivity index (χ1n) is 9.62. The first-order valence-corrected chi connectivity index (χ1v) is 11.8. The standard InChI is InChI=1S/C26H18I2O2/c27-19-13-9-17(10-14-19)25(29)21-5-1-2-6-22(21)26(30,18-11-15-20(28)16-12-18)24-8-4-3-7-23(24)25/h1-16,29-30H. The summed E-state index contributed by atoms with van der Waals surface area (Å²) in [6.45, 7) is 0. The average molecular weight is 616 g/mol. The van der Waals surface area contributed by atoms with E-state index in [1.54, 1.807) is 0 Å². The number of halogens is 2. The third-order valence-electron chi connectivity index (χ3n) is 5.94. The molecule has 0 amide bonds. The van der Waals surface area contributed by atoms with E-state index in [4.69, 9.17) is 0 Å². The van der Waals surface area contributed by atoms with Gasteiger partial charge in [0.1, 0.15) is 11.2 Å². The fourth-order valence-corrected chi connectivity index (χ4v) is 5.24. The third-order valence-corrected chi connectivity index (χ3v) is 7.38. The van der Waals surface area contributed by atoms with Gasteiger partial charge in [0, 0.05) is 7.14 Å². The number of hydrogen-bond acceptors (Lipinski definition) is 2. The van der Waals surface area contributed by atoms with E-state index in [1.165, 1.54) is 0 Å². The number of aliphatic hydroxyl groups is 2. The minimum Gasteiger partial charge on any atom is -0.376 e. The van der Waals surface area contributed by atoms with E-state index in [1.807, 2.05) is 97.1 Å². The third kappa shape index (κ3) is 2.88.